The molecule has 30 heavy (non-hydrogen) atoms. The molecule has 3 rings (SSSR count). The van der Waals surface area contributed by atoms with Gasteiger partial charge in [-0.2, -0.15) is 0 Å². The summed E-state index contributed by atoms with van der Waals surface area (Å²) in [6.07, 6.45) is -3.70. The number of ether oxygens (including phenoxy) is 4. The summed E-state index contributed by atoms with van der Waals surface area (Å²) in [5.74, 6) is -1.10. The Kier molecular flexibility index (Phi) is 7.56. The van der Waals surface area contributed by atoms with Crippen LogP contribution in [0, 0.1) is 0 Å². The highest BCUT2D eigenvalue weighted by Gasteiger charge is 2.60. The van der Waals surface area contributed by atoms with E-state index in [4.69, 9.17) is 18.9 Å². The zero-order valence-corrected chi connectivity index (χ0v) is 17.4. The molecule has 0 aliphatic carbocycles. The average molecular weight is 440 g/mol. The summed E-state index contributed by atoms with van der Waals surface area (Å²) in [6.45, 7) is -0.111. The lowest BCUT2D eigenvalue weighted by molar-refractivity contribution is -0.273. The molecule has 1 aliphatic rings. The maximum atomic E-state index is 14.6. The van der Waals surface area contributed by atoms with Crippen LogP contribution in [0.25, 0.3) is 0 Å². The van der Waals surface area contributed by atoms with Gasteiger partial charge in [-0.1, -0.05) is 24.3 Å². The Bertz CT molecular complexity index is 804. The molecule has 0 amide bonds. The predicted octanol–water partition coefficient (Wildman–Crippen LogP) is 2.22. The van der Waals surface area contributed by atoms with Gasteiger partial charge >= 0.3 is 0 Å². The number of rotatable bonds is 9. The highest BCUT2D eigenvalue weighted by molar-refractivity contribution is 8.00. The van der Waals surface area contributed by atoms with Crippen molar-refractivity contribution >= 4 is 11.8 Å². The molecule has 164 valence electrons. The van der Waals surface area contributed by atoms with E-state index < -0.39 is 28.9 Å². The van der Waals surface area contributed by atoms with Crippen molar-refractivity contribution < 1.29 is 38.7 Å². The summed E-state index contributed by atoms with van der Waals surface area (Å²) in [7, 11) is 3.09. The maximum absolute atomic E-state index is 14.6. The van der Waals surface area contributed by atoms with Gasteiger partial charge in [-0.15, -0.1) is 11.8 Å². The number of aliphatic hydroxyl groups excluding tert-OH is 2. The first-order valence-corrected chi connectivity index (χ1v) is 10.2. The fourth-order valence-corrected chi connectivity index (χ4v) is 4.26. The SMILES string of the molecule is COc1ccc(COC(O)[C@@H]2S[C@H](O)[C@H](F)[C@@]2(O)OCc2ccc(OC)cc2)cc1. The Morgan fingerprint density at radius 1 is 0.967 bits per heavy atom. The van der Waals surface area contributed by atoms with Crippen molar-refractivity contribution in [2.45, 2.75) is 42.1 Å². The van der Waals surface area contributed by atoms with E-state index in [0.717, 1.165) is 5.56 Å². The second kappa shape index (κ2) is 9.95. The molecule has 9 heteroatoms. The molecule has 3 N–H and O–H groups in total. The Hall–Kier alpha value is -1.88. The number of aliphatic hydroxyl groups is 3. The molecule has 1 saturated heterocycles. The average Bonchev–Trinajstić information content (AvgIpc) is 3.01. The minimum Gasteiger partial charge on any atom is -0.497 e. The zero-order valence-electron chi connectivity index (χ0n) is 16.6. The highest BCUT2D eigenvalue weighted by Crippen LogP contribution is 2.45. The number of hydrogen-bond acceptors (Lipinski definition) is 8. The van der Waals surface area contributed by atoms with E-state index in [9.17, 15) is 19.7 Å². The smallest absolute Gasteiger partial charge is 0.218 e. The summed E-state index contributed by atoms with van der Waals surface area (Å²) < 4.78 is 35.6. The van der Waals surface area contributed by atoms with Crippen LogP contribution in [0.4, 0.5) is 4.39 Å². The number of methoxy groups -OCH3 is 2. The summed E-state index contributed by atoms with van der Waals surface area (Å²) in [6, 6.07) is 13.8. The number of alkyl halides is 1. The van der Waals surface area contributed by atoms with E-state index in [2.05, 4.69) is 0 Å². The van der Waals surface area contributed by atoms with Gasteiger partial charge in [-0.25, -0.2) is 4.39 Å². The van der Waals surface area contributed by atoms with E-state index in [0.29, 0.717) is 28.8 Å². The maximum Gasteiger partial charge on any atom is 0.218 e. The summed E-state index contributed by atoms with van der Waals surface area (Å²) in [4.78, 5) is 0. The quantitative estimate of drug-likeness (QED) is 0.511. The van der Waals surface area contributed by atoms with E-state index >= 15 is 0 Å². The molecular formula is C21H25FO7S. The molecule has 5 atom stereocenters. The molecule has 1 aliphatic heterocycles. The first-order valence-electron chi connectivity index (χ1n) is 9.27. The second-order valence-electron chi connectivity index (χ2n) is 6.79. The van der Waals surface area contributed by atoms with Crippen LogP contribution in [-0.4, -0.2) is 58.5 Å². The van der Waals surface area contributed by atoms with E-state index in [1.165, 1.54) is 7.11 Å². The van der Waals surface area contributed by atoms with Crippen LogP contribution in [0.5, 0.6) is 11.5 Å². The van der Waals surface area contributed by atoms with E-state index in [-0.39, 0.29) is 13.2 Å². The molecule has 1 heterocycles. The first-order chi connectivity index (χ1) is 14.4. The Morgan fingerprint density at radius 2 is 1.47 bits per heavy atom. The molecule has 2 aromatic rings. The van der Waals surface area contributed by atoms with Gasteiger partial charge in [-0.3, -0.25) is 0 Å². The monoisotopic (exact) mass is 440 g/mol. The number of hydrogen-bond donors (Lipinski definition) is 3. The Morgan fingerprint density at radius 3 is 1.97 bits per heavy atom. The van der Waals surface area contributed by atoms with Crippen molar-refractivity contribution in [3.63, 3.8) is 0 Å². The third-order valence-electron chi connectivity index (χ3n) is 4.81. The molecule has 0 saturated carbocycles. The van der Waals surface area contributed by atoms with Crippen molar-refractivity contribution in [2.24, 2.45) is 0 Å². The Labute approximate surface area is 178 Å². The van der Waals surface area contributed by atoms with Crippen molar-refractivity contribution in [1.82, 2.24) is 0 Å². The van der Waals surface area contributed by atoms with Gasteiger partial charge in [0.15, 0.2) is 12.5 Å². The van der Waals surface area contributed by atoms with Crippen LogP contribution in [0.15, 0.2) is 48.5 Å². The topological polar surface area (TPSA) is 97.6 Å². The number of thioether (sulfide) groups is 1. The Balaban J connectivity index is 1.64. The fourth-order valence-electron chi connectivity index (χ4n) is 3.02. The number of halogens is 1. The van der Waals surface area contributed by atoms with Gasteiger partial charge in [-0.05, 0) is 35.4 Å². The third-order valence-corrected chi connectivity index (χ3v) is 6.19. The van der Waals surface area contributed by atoms with Crippen molar-refractivity contribution in [2.75, 3.05) is 14.2 Å². The molecule has 2 aromatic carbocycles. The minimum absolute atomic E-state index is 0.0177. The fraction of sp³-hybridized carbons (Fsp3) is 0.429. The molecule has 0 radical (unpaired) electrons. The number of benzene rings is 2. The van der Waals surface area contributed by atoms with Crippen molar-refractivity contribution in [3.8, 4) is 11.5 Å². The lowest BCUT2D eigenvalue weighted by Crippen LogP contribution is -2.52. The molecule has 1 fully saturated rings. The summed E-state index contributed by atoms with van der Waals surface area (Å²) in [5, 5.41) is 29.9. The van der Waals surface area contributed by atoms with Gasteiger partial charge in [0, 0.05) is 0 Å². The van der Waals surface area contributed by atoms with Crippen LogP contribution in [0.2, 0.25) is 0 Å². The van der Waals surface area contributed by atoms with Crippen LogP contribution in [-0.2, 0) is 22.7 Å². The van der Waals surface area contributed by atoms with E-state index in [1.807, 2.05) is 0 Å². The third kappa shape index (κ3) is 5.05. The largest absolute Gasteiger partial charge is 0.497 e. The van der Waals surface area contributed by atoms with Gasteiger partial charge in [0.05, 0.1) is 27.4 Å². The summed E-state index contributed by atoms with van der Waals surface area (Å²) >= 11 is 0.662. The second-order valence-corrected chi connectivity index (χ2v) is 8.05. The normalized spacial score (nSPS) is 27.1. The molecule has 0 spiro atoms. The lowest BCUT2D eigenvalue weighted by atomic mass is 10.1. The first kappa shape index (κ1) is 22.8. The molecule has 0 bridgehead atoms. The van der Waals surface area contributed by atoms with Crippen molar-refractivity contribution in [3.05, 3.63) is 59.7 Å². The highest BCUT2D eigenvalue weighted by atomic mass is 32.2. The van der Waals surface area contributed by atoms with Crippen LogP contribution in [0.3, 0.4) is 0 Å². The van der Waals surface area contributed by atoms with Crippen LogP contribution in [0.1, 0.15) is 11.1 Å². The molecule has 0 aromatic heterocycles. The molecule has 7 nitrogen and oxygen atoms in total. The van der Waals surface area contributed by atoms with E-state index in [1.54, 1.807) is 55.6 Å². The van der Waals surface area contributed by atoms with Crippen LogP contribution < -0.4 is 9.47 Å². The molecule has 1 unspecified atom stereocenters. The zero-order chi connectivity index (χ0) is 21.7. The standard InChI is InChI=1S/C21H25FO7S/c1-26-15-7-3-13(4-8-15)11-28-19(23)18-21(25,17(22)20(24)30-18)29-12-14-5-9-16(27-2)10-6-14/h3-10,17-20,23-25H,11-12H2,1-2H3/t17-,18-,19?,20-,21+/m0/s1. The van der Waals surface area contributed by atoms with Gasteiger partial charge in [0.1, 0.15) is 22.2 Å². The predicted molar refractivity (Wildman–Crippen MR) is 109 cm³/mol. The van der Waals surface area contributed by atoms with Gasteiger partial charge in [0.25, 0.3) is 0 Å². The molecular weight excluding hydrogens is 415 g/mol. The minimum atomic E-state index is -2.43. The lowest BCUT2D eigenvalue weighted by Gasteiger charge is -2.33. The van der Waals surface area contributed by atoms with Crippen LogP contribution >= 0.6 is 11.8 Å². The van der Waals surface area contributed by atoms with Gasteiger partial charge < -0.3 is 34.3 Å². The summed E-state index contributed by atoms with van der Waals surface area (Å²) in [5.41, 5.74) is -0.150. The van der Waals surface area contributed by atoms with Gasteiger partial charge in [0.2, 0.25) is 5.79 Å². The van der Waals surface area contributed by atoms with Crippen molar-refractivity contribution in [1.29, 1.82) is 0 Å².